The molecule has 0 aliphatic heterocycles. The van der Waals surface area contributed by atoms with Crippen molar-refractivity contribution in [3.05, 3.63) is 58.1 Å². The molecule has 1 aliphatic carbocycles. The van der Waals surface area contributed by atoms with Gasteiger partial charge >= 0.3 is 0 Å². The summed E-state index contributed by atoms with van der Waals surface area (Å²) in [7, 11) is 0. The molecule has 24 heavy (non-hydrogen) atoms. The molecule has 0 fully saturated rings. The number of rotatable bonds is 5. The minimum absolute atomic E-state index is 0.161. The maximum atomic E-state index is 12.1. The number of fused-ring (bicyclic) bond motifs is 1. The molecule has 0 aromatic heterocycles. The largest absolute Gasteiger partial charge is 0.483 e. The first-order valence-corrected chi connectivity index (χ1v) is 8.25. The number of benzene rings is 2. The summed E-state index contributed by atoms with van der Waals surface area (Å²) in [5.41, 5.74) is 3.79. The Morgan fingerprint density at radius 2 is 1.92 bits per heavy atom. The van der Waals surface area contributed by atoms with Gasteiger partial charge in [-0.25, -0.2) is 0 Å². The summed E-state index contributed by atoms with van der Waals surface area (Å²) < 4.78 is 5.49. The highest BCUT2D eigenvalue weighted by atomic mass is 35.5. The molecule has 124 valence electrons. The van der Waals surface area contributed by atoms with Gasteiger partial charge in [0.25, 0.3) is 5.91 Å². The molecule has 3 rings (SSSR count). The van der Waals surface area contributed by atoms with E-state index in [9.17, 15) is 9.59 Å². The van der Waals surface area contributed by atoms with Crippen molar-refractivity contribution >= 4 is 29.0 Å². The summed E-state index contributed by atoms with van der Waals surface area (Å²) in [5, 5.41) is 3.28. The highest BCUT2D eigenvalue weighted by molar-refractivity contribution is 6.31. The van der Waals surface area contributed by atoms with Gasteiger partial charge < -0.3 is 10.1 Å². The van der Waals surface area contributed by atoms with Gasteiger partial charge in [0, 0.05) is 10.7 Å². The van der Waals surface area contributed by atoms with E-state index in [1.807, 2.05) is 12.1 Å². The molecule has 4 nitrogen and oxygen atoms in total. The van der Waals surface area contributed by atoms with Gasteiger partial charge in [-0.05, 0) is 67.6 Å². The van der Waals surface area contributed by atoms with Gasteiger partial charge in [-0.2, -0.15) is 0 Å². The minimum Gasteiger partial charge on any atom is -0.483 e. The first kappa shape index (κ1) is 16.5. The molecule has 0 atom stereocenters. The molecule has 2 aromatic carbocycles. The van der Waals surface area contributed by atoms with Crippen molar-refractivity contribution in [3.63, 3.8) is 0 Å². The van der Waals surface area contributed by atoms with Crippen LogP contribution < -0.4 is 10.1 Å². The molecule has 0 unspecified atom stereocenters. The van der Waals surface area contributed by atoms with Crippen LogP contribution in [0.25, 0.3) is 0 Å². The van der Waals surface area contributed by atoms with Crippen LogP contribution in [-0.4, -0.2) is 18.3 Å². The van der Waals surface area contributed by atoms with Crippen molar-refractivity contribution in [2.75, 3.05) is 11.9 Å². The number of anilines is 1. The van der Waals surface area contributed by atoms with Crippen LogP contribution in [0, 0.1) is 0 Å². The Morgan fingerprint density at radius 3 is 2.71 bits per heavy atom. The molecule has 5 heteroatoms. The van der Waals surface area contributed by atoms with E-state index in [2.05, 4.69) is 11.4 Å². The number of nitrogens with one attached hydrogen (secondary N) is 1. The molecule has 0 spiro atoms. The second-order valence-electron chi connectivity index (χ2n) is 5.87. The molecule has 0 saturated carbocycles. The minimum atomic E-state index is -0.266. The van der Waals surface area contributed by atoms with Crippen LogP contribution in [0.2, 0.25) is 5.02 Å². The summed E-state index contributed by atoms with van der Waals surface area (Å²) in [6.45, 7) is 1.27. The number of Topliss-reactive ketones (excluding diaryl/α,β-unsaturated/α-hetero) is 1. The smallest absolute Gasteiger partial charge is 0.262 e. The van der Waals surface area contributed by atoms with Gasteiger partial charge in [0.15, 0.2) is 12.4 Å². The normalized spacial score (nSPS) is 12.6. The molecule has 0 heterocycles. The van der Waals surface area contributed by atoms with Gasteiger partial charge in [-0.3, -0.25) is 9.59 Å². The third-order valence-electron chi connectivity index (χ3n) is 4.06. The Balaban J connectivity index is 1.63. The average Bonchev–Trinajstić information content (AvgIpc) is 3.01. The van der Waals surface area contributed by atoms with Gasteiger partial charge in [0.2, 0.25) is 0 Å². The Labute approximate surface area is 145 Å². The van der Waals surface area contributed by atoms with E-state index in [0.717, 1.165) is 18.5 Å². The third kappa shape index (κ3) is 3.77. The summed E-state index contributed by atoms with van der Waals surface area (Å²) in [6, 6.07) is 10.8. The summed E-state index contributed by atoms with van der Waals surface area (Å²) in [5.74, 6) is -0.0695. The van der Waals surface area contributed by atoms with E-state index in [1.54, 1.807) is 12.1 Å². The third-order valence-corrected chi connectivity index (χ3v) is 4.30. The molecule has 2 aromatic rings. The van der Waals surface area contributed by atoms with E-state index in [0.29, 0.717) is 16.3 Å². The quantitative estimate of drug-likeness (QED) is 0.833. The second kappa shape index (κ2) is 7.05. The maximum Gasteiger partial charge on any atom is 0.262 e. The van der Waals surface area contributed by atoms with Crippen molar-refractivity contribution < 1.29 is 14.3 Å². The fourth-order valence-corrected chi connectivity index (χ4v) is 3.07. The lowest BCUT2D eigenvalue weighted by Crippen LogP contribution is -2.20. The van der Waals surface area contributed by atoms with E-state index < -0.39 is 0 Å². The lowest BCUT2D eigenvalue weighted by Gasteiger charge is -2.11. The van der Waals surface area contributed by atoms with Crippen LogP contribution in [0.4, 0.5) is 5.69 Å². The monoisotopic (exact) mass is 343 g/mol. The summed E-state index contributed by atoms with van der Waals surface area (Å²) in [6.07, 6.45) is 3.33. The number of aryl methyl sites for hydroxylation is 2. The number of ether oxygens (including phenoxy) is 1. The summed E-state index contributed by atoms with van der Waals surface area (Å²) in [4.78, 5) is 23.7. The highest BCUT2D eigenvalue weighted by Gasteiger charge is 2.13. The van der Waals surface area contributed by atoms with E-state index in [1.165, 1.54) is 30.5 Å². The molecule has 1 aliphatic rings. The van der Waals surface area contributed by atoms with E-state index in [-0.39, 0.29) is 18.3 Å². The molecule has 0 bridgehead atoms. The number of halogens is 1. The fourth-order valence-electron chi connectivity index (χ4n) is 2.89. The van der Waals surface area contributed by atoms with Crippen LogP contribution in [-0.2, 0) is 17.6 Å². The lowest BCUT2D eigenvalue weighted by molar-refractivity contribution is -0.118. The van der Waals surface area contributed by atoms with Crippen molar-refractivity contribution in [2.24, 2.45) is 0 Å². The molecule has 1 N–H and O–H groups in total. The number of carbonyl (C=O) groups excluding carboxylic acids is 2. The van der Waals surface area contributed by atoms with E-state index >= 15 is 0 Å². The van der Waals surface area contributed by atoms with Crippen molar-refractivity contribution in [2.45, 2.75) is 26.2 Å². The Kier molecular flexibility index (Phi) is 4.86. The predicted octanol–water partition coefficient (Wildman–Crippen LogP) is 4.05. The van der Waals surface area contributed by atoms with Crippen LogP contribution >= 0.6 is 11.6 Å². The molecule has 0 radical (unpaired) electrons. The van der Waals surface area contributed by atoms with Crippen LogP contribution in [0.5, 0.6) is 5.75 Å². The zero-order valence-electron chi connectivity index (χ0n) is 13.4. The first-order valence-electron chi connectivity index (χ1n) is 7.88. The molecular weight excluding hydrogens is 326 g/mol. The van der Waals surface area contributed by atoms with Gasteiger partial charge in [0.1, 0.15) is 5.75 Å². The number of ketones is 1. The number of hydrogen-bond acceptors (Lipinski definition) is 3. The van der Waals surface area contributed by atoms with Crippen LogP contribution in [0.1, 0.15) is 34.8 Å². The lowest BCUT2D eigenvalue weighted by atomic mass is 10.1. The Bertz CT molecular complexity index is 801. The first-order chi connectivity index (χ1) is 11.5. The number of hydrogen-bond donors (Lipinski definition) is 1. The van der Waals surface area contributed by atoms with Crippen LogP contribution in [0.15, 0.2) is 36.4 Å². The maximum absolute atomic E-state index is 12.1. The van der Waals surface area contributed by atoms with Crippen molar-refractivity contribution in [3.8, 4) is 5.75 Å². The standard InChI is InChI=1S/C19H18ClNO3/c1-12(22)17-10-15(20)6-8-18(17)24-11-19(23)21-16-7-5-13-3-2-4-14(13)9-16/h5-10H,2-4,11H2,1H3,(H,21,23). The second-order valence-corrected chi connectivity index (χ2v) is 6.31. The SMILES string of the molecule is CC(=O)c1cc(Cl)ccc1OCC(=O)Nc1ccc2c(c1)CCC2. The number of carbonyl (C=O) groups is 2. The molecular formula is C19H18ClNO3. The Morgan fingerprint density at radius 1 is 1.12 bits per heavy atom. The van der Waals surface area contributed by atoms with Gasteiger partial charge in [0.05, 0.1) is 5.56 Å². The molecule has 0 saturated heterocycles. The zero-order chi connectivity index (χ0) is 17.1. The van der Waals surface area contributed by atoms with Crippen molar-refractivity contribution in [1.82, 2.24) is 0 Å². The molecule has 1 amide bonds. The van der Waals surface area contributed by atoms with Gasteiger partial charge in [-0.15, -0.1) is 0 Å². The van der Waals surface area contributed by atoms with Gasteiger partial charge in [-0.1, -0.05) is 17.7 Å². The predicted molar refractivity (Wildman–Crippen MR) is 94.0 cm³/mol. The average molecular weight is 344 g/mol. The highest BCUT2D eigenvalue weighted by Crippen LogP contribution is 2.25. The van der Waals surface area contributed by atoms with Crippen LogP contribution in [0.3, 0.4) is 0 Å². The fraction of sp³-hybridized carbons (Fsp3) is 0.263. The topological polar surface area (TPSA) is 55.4 Å². The van der Waals surface area contributed by atoms with Crippen molar-refractivity contribution in [1.29, 1.82) is 0 Å². The Hall–Kier alpha value is -2.33. The van der Waals surface area contributed by atoms with E-state index in [4.69, 9.17) is 16.3 Å². The number of amides is 1. The summed E-state index contributed by atoms with van der Waals surface area (Å²) >= 11 is 5.89. The zero-order valence-corrected chi connectivity index (χ0v) is 14.2.